The summed E-state index contributed by atoms with van der Waals surface area (Å²) in [5, 5.41) is 10.1. The van der Waals surface area contributed by atoms with Crippen LogP contribution in [0, 0.1) is 0 Å². The Morgan fingerprint density at radius 3 is 2.44 bits per heavy atom. The summed E-state index contributed by atoms with van der Waals surface area (Å²) in [5.74, 6) is -0.319. The third-order valence-corrected chi connectivity index (χ3v) is 9.05. The number of nitrogens with zero attached hydrogens (tertiary/aromatic N) is 5. The first kappa shape index (κ1) is 36.0. The molecule has 2 aromatic heterocycles. The molecule has 5 amide bonds. The molecule has 5 rings (SSSR count). The molecule has 1 aromatic carbocycles. The summed E-state index contributed by atoms with van der Waals surface area (Å²) in [7, 11) is 6.58. The summed E-state index contributed by atoms with van der Waals surface area (Å²) in [6, 6.07) is 3.10. The predicted octanol–water partition coefficient (Wildman–Crippen LogP) is 0.278. The van der Waals surface area contributed by atoms with E-state index in [-0.39, 0.29) is 87.7 Å². The first-order valence-electron chi connectivity index (χ1n) is 16.5. The lowest BCUT2D eigenvalue weighted by molar-refractivity contribution is -0.152. The second-order valence-corrected chi connectivity index (χ2v) is 12.3. The zero-order valence-corrected chi connectivity index (χ0v) is 28.8. The molecule has 2 aliphatic rings. The molecular weight excluding hydrogens is 650 g/mol. The number of piperazine rings is 1. The highest BCUT2D eigenvalue weighted by Crippen LogP contribution is 2.38. The molecule has 1 atom stereocenters. The number of methoxy groups -OCH3 is 2. The van der Waals surface area contributed by atoms with Gasteiger partial charge in [-0.3, -0.25) is 38.8 Å². The number of ether oxygens (including phenoxy) is 3. The molecular formula is C34H43N7O9. The molecule has 0 aliphatic carbocycles. The normalized spacial score (nSPS) is 16.5. The Balaban J connectivity index is 1.03. The van der Waals surface area contributed by atoms with Crippen molar-refractivity contribution in [1.29, 1.82) is 0 Å². The summed E-state index contributed by atoms with van der Waals surface area (Å²) in [4.78, 5) is 76.9. The van der Waals surface area contributed by atoms with Gasteiger partial charge in [-0.25, -0.2) is 0 Å². The van der Waals surface area contributed by atoms with Crippen molar-refractivity contribution in [2.75, 3.05) is 53.6 Å². The van der Waals surface area contributed by atoms with Crippen LogP contribution in [0.5, 0.6) is 11.5 Å². The average molecular weight is 694 g/mol. The molecule has 0 radical (unpaired) electrons. The standard InChI is InChI=1S/C34H43N7O9/c1-38-19-24(23-18-36-39(2)32(23)34(38)47)21-16-26(48-3)22(27(17-21)49-4)6-5-7-28(42)35-11-15-50-14-10-30(44)40-12-13-41(31(45)20-40)25-8-9-29(43)37-33(25)46/h16-19,25H,5-15,20H2,1-4H3,(H,35,42)(H,37,43,46). The van der Waals surface area contributed by atoms with E-state index < -0.39 is 11.9 Å². The van der Waals surface area contributed by atoms with Gasteiger partial charge in [0.05, 0.1) is 46.6 Å². The quantitative estimate of drug-likeness (QED) is 0.176. The number of fused-ring (bicyclic) bond motifs is 1. The highest BCUT2D eigenvalue weighted by molar-refractivity contribution is 6.02. The van der Waals surface area contributed by atoms with E-state index >= 15 is 0 Å². The van der Waals surface area contributed by atoms with Gasteiger partial charge in [0.1, 0.15) is 23.1 Å². The van der Waals surface area contributed by atoms with Crippen LogP contribution >= 0.6 is 0 Å². The maximum atomic E-state index is 12.7. The second kappa shape index (κ2) is 16.0. The van der Waals surface area contributed by atoms with Gasteiger partial charge in [-0.15, -0.1) is 0 Å². The fraction of sp³-hybridized carbons (Fsp3) is 0.500. The van der Waals surface area contributed by atoms with E-state index in [2.05, 4.69) is 15.7 Å². The number of pyridine rings is 1. The molecule has 2 aliphatic heterocycles. The van der Waals surface area contributed by atoms with E-state index in [0.29, 0.717) is 36.4 Å². The van der Waals surface area contributed by atoms with E-state index in [4.69, 9.17) is 14.2 Å². The zero-order valence-electron chi connectivity index (χ0n) is 28.8. The van der Waals surface area contributed by atoms with E-state index in [1.165, 1.54) is 14.4 Å². The number of nitrogens with one attached hydrogen (secondary N) is 2. The number of aryl methyl sites for hydroxylation is 2. The molecule has 2 fully saturated rings. The fourth-order valence-electron chi connectivity index (χ4n) is 6.40. The summed E-state index contributed by atoms with van der Waals surface area (Å²) in [6.07, 6.45) is 5.31. The summed E-state index contributed by atoms with van der Waals surface area (Å²) < 4.78 is 20.1. The smallest absolute Gasteiger partial charge is 0.276 e. The topological polar surface area (TPSA) is 183 Å². The van der Waals surface area contributed by atoms with Gasteiger partial charge < -0.3 is 33.9 Å². The average Bonchev–Trinajstić information content (AvgIpc) is 3.49. The molecule has 0 spiro atoms. The second-order valence-electron chi connectivity index (χ2n) is 12.3. The molecule has 0 saturated carbocycles. The lowest BCUT2D eigenvalue weighted by Gasteiger charge is -2.39. The number of benzene rings is 1. The van der Waals surface area contributed by atoms with Crippen molar-refractivity contribution < 1.29 is 38.2 Å². The number of hydrogen-bond acceptors (Lipinski definition) is 10. The Hall–Kier alpha value is -5.25. The minimum Gasteiger partial charge on any atom is -0.496 e. The monoisotopic (exact) mass is 693 g/mol. The van der Waals surface area contributed by atoms with Crippen molar-refractivity contribution >= 4 is 40.4 Å². The van der Waals surface area contributed by atoms with Crippen LogP contribution in [0.2, 0.25) is 0 Å². The number of rotatable bonds is 14. The molecule has 16 nitrogen and oxygen atoms in total. The first-order chi connectivity index (χ1) is 24.0. The molecule has 50 heavy (non-hydrogen) atoms. The number of carbonyl (C=O) groups is 5. The largest absolute Gasteiger partial charge is 0.496 e. The van der Waals surface area contributed by atoms with E-state index in [1.54, 1.807) is 45.4 Å². The maximum absolute atomic E-state index is 12.7. The van der Waals surface area contributed by atoms with Crippen molar-refractivity contribution in [2.45, 2.75) is 44.6 Å². The fourth-order valence-corrected chi connectivity index (χ4v) is 6.40. The van der Waals surface area contributed by atoms with E-state index in [9.17, 15) is 28.8 Å². The van der Waals surface area contributed by atoms with E-state index in [0.717, 1.165) is 22.1 Å². The van der Waals surface area contributed by atoms with Crippen LogP contribution < -0.4 is 25.7 Å². The number of imide groups is 1. The summed E-state index contributed by atoms with van der Waals surface area (Å²) >= 11 is 0. The number of piperidine rings is 1. The number of hydrogen-bond donors (Lipinski definition) is 2. The lowest BCUT2D eigenvalue weighted by Crippen LogP contribution is -2.60. The lowest BCUT2D eigenvalue weighted by atomic mass is 9.98. The minimum absolute atomic E-state index is 0.0810. The van der Waals surface area contributed by atoms with Gasteiger partial charge in [-0.2, -0.15) is 5.10 Å². The van der Waals surface area contributed by atoms with Gasteiger partial charge in [-0.05, 0) is 37.0 Å². The number of carbonyl (C=O) groups excluding carboxylic acids is 5. The summed E-state index contributed by atoms with van der Waals surface area (Å²) in [5.41, 5.74) is 2.79. The Labute approximate surface area is 288 Å². The predicted molar refractivity (Wildman–Crippen MR) is 180 cm³/mol. The van der Waals surface area contributed by atoms with Crippen molar-refractivity contribution in [3.8, 4) is 22.6 Å². The Morgan fingerprint density at radius 1 is 1.02 bits per heavy atom. The van der Waals surface area contributed by atoms with Gasteiger partial charge >= 0.3 is 0 Å². The highest BCUT2D eigenvalue weighted by Gasteiger charge is 2.37. The molecule has 3 aromatic rings. The Bertz CT molecular complexity index is 1820. The molecule has 0 bridgehead atoms. The van der Waals surface area contributed by atoms with Crippen LogP contribution in [0.25, 0.3) is 22.0 Å². The van der Waals surface area contributed by atoms with Gasteiger partial charge in [0, 0.05) is 69.3 Å². The maximum Gasteiger partial charge on any atom is 0.276 e. The first-order valence-corrected chi connectivity index (χ1v) is 16.5. The van der Waals surface area contributed by atoms with Crippen LogP contribution in [-0.2, 0) is 49.2 Å². The van der Waals surface area contributed by atoms with Gasteiger partial charge in [0.2, 0.25) is 29.5 Å². The van der Waals surface area contributed by atoms with Gasteiger partial charge in [0.25, 0.3) is 5.56 Å². The number of aromatic nitrogens is 3. The van der Waals surface area contributed by atoms with Crippen LogP contribution in [0.15, 0.2) is 29.3 Å². The van der Waals surface area contributed by atoms with Crippen LogP contribution in [-0.4, -0.2) is 113 Å². The summed E-state index contributed by atoms with van der Waals surface area (Å²) in [6.45, 7) is 1.03. The Kier molecular flexibility index (Phi) is 11.5. The van der Waals surface area contributed by atoms with Crippen molar-refractivity contribution in [3.63, 3.8) is 0 Å². The minimum atomic E-state index is -0.688. The van der Waals surface area contributed by atoms with Crippen molar-refractivity contribution in [1.82, 2.24) is 34.8 Å². The van der Waals surface area contributed by atoms with E-state index in [1.807, 2.05) is 12.1 Å². The molecule has 2 saturated heterocycles. The van der Waals surface area contributed by atoms with Crippen LogP contribution in [0.3, 0.4) is 0 Å². The van der Waals surface area contributed by atoms with Gasteiger partial charge in [0.15, 0.2) is 0 Å². The third kappa shape index (κ3) is 7.96. The third-order valence-electron chi connectivity index (χ3n) is 9.05. The number of amides is 5. The molecule has 1 unspecified atom stereocenters. The van der Waals surface area contributed by atoms with Gasteiger partial charge in [-0.1, -0.05) is 0 Å². The van der Waals surface area contributed by atoms with Crippen LogP contribution in [0.4, 0.5) is 0 Å². The highest BCUT2D eigenvalue weighted by atomic mass is 16.5. The molecule has 268 valence electrons. The Morgan fingerprint density at radius 2 is 1.76 bits per heavy atom. The van der Waals surface area contributed by atoms with Crippen LogP contribution in [0.1, 0.15) is 37.7 Å². The molecule has 16 heteroatoms. The molecule has 2 N–H and O–H groups in total. The van der Waals surface area contributed by atoms with Crippen molar-refractivity contribution in [3.05, 3.63) is 40.4 Å². The van der Waals surface area contributed by atoms with Crippen molar-refractivity contribution in [2.24, 2.45) is 14.1 Å². The SMILES string of the molecule is COc1cc(-c2cn(C)c(=O)c3c2cnn3C)cc(OC)c1CCCC(=O)NCCOCCC(=O)N1CCN(C2CCC(=O)NC2=O)C(=O)C1. The molecule has 4 heterocycles. The zero-order chi connectivity index (χ0) is 35.9.